The molecule has 1 amide bonds. The Hall–Kier alpha value is -0.650. The van der Waals surface area contributed by atoms with E-state index in [9.17, 15) is 9.18 Å². The predicted octanol–water partition coefficient (Wildman–Crippen LogP) is 3.43. The van der Waals surface area contributed by atoms with E-state index in [-0.39, 0.29) is 30.2 Å². The van der Waals surface area contributed by atoms with E-state index in [1.807, 2.05) is 20.8 Å². The molecular formula is C15H23BrClFN2O. The molecule has 1 aromatic rings. The fourth-order valence-corrected chi connectivity index (χ4v) is 2.46. The van der Waals surface area contributed by atoms with Crippen molar-refractivity contribution in [2.24, 2.45) is 11.7 Å². The first-order chi connectivity index (χ1) is 9.29. The number of nitrogens with one attached hydrogen (secondary N) is 1. The minimum absolute atomic E-state index is 0. The van der Waals surface area contributed by atoms with Crippen LogP contribution in [0.5, 0.6) is 0 Å². The number of amides is 1. The fourth-order valence-electron chi connectivity index (χ4n) is 2.04. The molecule has 0 heterocycles. The molecule has 0 aromatic heterocycles. The van der Waals surface area contributed by atoms with E-state index in [0.29, 0.717) is 23.2 Å². The van der Waals surface area contributed by atoms with Crippen molar-refractivity contribution in [1.82, 2.24) is 5.32 Å². The van der Waals surface area contributed by atoms with Gasteiger partial charge in [-0.25, -0.2) is 4.39 Å². The van der Waals surface area contributed by atoms with Crippen LogP contribution in [0.25, 0.3) is 0 Å². The SMILES string of the molecule is CC(C)C[C@H](N)C(=O)NC(C)Cc1ccc(F)c(Br)c1.Cl. The summed E-state index contributed by atoms with van der Waals surface area (Å²) in [7, 11) is 0. The highest BCUT2D eigenvalue weighted by Gasteiger charge is 2.17. The number of carbonyl (C=O) groups excluding carboxylic acids is 1. The molecule has 0 saturated heterocycles. The number of rotatable bonds is 6. The van der Waals surface area contributed by atoms with Crippen molar-refractivity contribution < 1.29 is 9.18 Å². The topological polar surface area (TPSA) is 55.1 Å². The number of hydrogen-bond acceptors (Lipinski definition) is 2. The average molecular weight is 382 g/mol. The van der Waals surface area contributed by atoms with Gasteiger partial charge in [0.15, 0.2) is 0 Å². The molecule has 0 aliphatic carbocycles. The number of nitrogens with two attached hydrogens (primary N) is 1. The molecule has 21 heavy (non-hydrogen) atoms. The molecule has 0 bridgehead atoms. The maximum atomic E-state index is 13.1. The van der Waals surface area contributed by atoms with E-state index in [2.05, 4.69) is 21.2 Å². The van der Waals surface area contributed by atoms with Crippen LogP contribution >= 0.6 is 28.3 Å². The smallest absolute Gasteiger partial charge is 0.237 e. The van der Waals surface area contributed by atoms with Crippen LogP contribution in [0.4, 0.5) is 4.39 Å². The Labute approximate surface area is 140 Å². The van der Waals surface area contributed by atoms with E-state index in [1.54, 1.807) is 12.1 Å². The van der Waals surface area contributed by atoms with Crippen molar-refractivity contribution in [2.45, 2.75) is 45.7 Å². The Balaban J connectivity index is 0.00000400. The first-order valence-corrected chi connectivity index (χ1v) is 7.58. The standard InChI is InChI=1S/C15H22BrFN2O.ClH/c1-9(2)6-14(18)15(20)19-10(3)7-11-4-5-13(17)12(16)8-11;/h4-5,8-10,14H,6-7,18H2,1-3H3,(H,19,20);1H/t10?,14-;/m0./s1. The molecule has 3 N–H and O–H groups in total. The van der Waals surface area contributed by atoms with E-state index in [4.69, 9.17) is 5.73 Å². The summed E-state index contributed by atoms with van der Waals surface area (Å²) in [5, 5.41) is 2.89. The molecule has 1 unspecified atom stereocenters. The van der Waals surface area contributed by atoms with Gasteiger partial charge in [-0.15, -0.1) is 12.4 Å². The van der Waals surface area contributed by atoms with Gasteiger partial charge in [-0.1, -0.05) is 19.9 Å². The van der Waals surface area contributed by atoms with Crippen molar-refractivity contribution in [3.63, 3.8) is 0 Å². The van der Waals surface area contributed by atoms with Crippen molar-refractivity contribution >= 4 is 34.2 Å². The molecule has 1 rings (SSSR count). The van der Waals surface area contributed by atoms with Crippen LogP contribution in [0.1, 0.15) is 32.8 Å². The van der Waals surface area contributed by atoms with Crippen LogP contribution in [-0.4, -0.2) is 18.0 Å². The van der Waals surface area contributed by atoms with Gasteiger partial charge in [-0.05, 0) is 59.3 Å². The average Bonchev–Trinajstić information content (AvgIpc) is 2.32. The molecule has 0 fully saturated rings. The van der Waals surface area contributed by atoms with Gasteiger partial charge < -0.3 is 11.1 Å². The van der Waals surface area contributed by atoms with Gasteiger partial charge in [0.1, 0.15) is 5.82 Å². The van der Waals surface area contributed by atoms with Gasteiger partial charge in [0.2, 0.25) is 5.91 Å². The van der Waals surface area contributed by atoms with Crippen LogP contribution in [-0.2, 0) is 11.2 Å². The van der Waals surface area contributed by atoms with Crippen molar-refractivity contribution in [1.29, 1.82) is 0 Å². The van der Waals surface area contributed by atoms with Crippen LogP contribution in [0, 0.1) is 11.7 Å². The summed E-state index contributed by atoms with van der Waals surface area (Å²) in [4.78, 5) is 11.9. The number of carbonyl (C=O) groups is 1. The summed E-state index contributed by atoms with van der Waals surface area (Å²) in [6.45, 7) is 5.98. The monoisotopic (exact) mass is 380 g/mol. The number of benzene rings is 1. The van der Waals surface area contributed by atoms with Gasteiger partial charge in [0.05, 0.1) is 10.5 Å². The third-order valence-electron chi connectivity index (χ3n) is 2.98. The summed E-state index contributed by atoms with van der Waals surface area (Å²) in [6.07, 6.45) is 1.31. The Morgan fingerprint density at radius 2 is 2.00 bits per heavy atom. The lowest BCUT2D eigenvalue weighted by Gasteiger charge is -2.19. The zero-order valence-corrected chi connectivity index (χ0v) is 14.9. The Morgan fingerprint density at radius 1 is 1.38 bits per heavy atom. The Bertz CT molecular complexity index is 471. The number of halogens is 3. The normalized spacial score (nSPS) is 13.5. The quantitative estimate of drug-likeness (QED) is 0.793. The lowest BCUT2D eigenvalue weighted by molar-refractivity contribution is -0.123. The second kappa shape index (κ2) is 9.38. The maximum absolute atomic E-state index is 13.1. The molecule has 3 nitrogen and oxygen atoms in total. The van der Waals surface area contributed by atoms with E-state index >= 15 is 0 Å². The molecule has 2 atom stereocenters. The molecule has 0 saturated carbocycles. The minimum atomic E-state index is -0.475. The summed E-state index contributed by atoms with van der Waals surface area (Å²) in [5.74, 6) is -0.0316. The lowest BCUT2D eigenvalue weighted by Crippen LogP contribution is -2.45. The van der Waals surface area contributed by atoms with Crippen LogP contribution in [0.3, 0.4) is 0 Å². The van der Waals surface area contributed by atoms with Crippen LogP contribution in [0.15, 0.2) is 22.7 Å². The van der Waals surface area contributed by atoms with Crippen molar-refractivity contribution in [3.05, 3.63) is 34.1 Å². The summed E-state index contributed by atoms with van der Waals surface area (Å²) >= 11 is 3.15. The highest BCUT2D eigenvalue weighted by molar-refractivity contribution is 9.10. The van der Waals surface area contributed by atoms with Crippen LogP contribution in [0.2, 0.25) is 0 Å². The zero-order valence-electron chi connectivity index (χ0n) is 12.5. The lowest BCUT2D eigenvalue weighted by atomic mass is 10.0. The second-order valence-corrected chi connectivity index (χ2v) is 6.45. The zero-order chi connectivity index (χ0) is 15.3. The van der Waals surface area contributed by atoms with E-state index in [1.165, 1.54) is 6.07 Å². The molecule has 6 heteroatoms. The molecule has 0 aliphatic heterocycles. The van der Waals surface area contributed by atoms with Gasteiger partial charge in [-0.3, -0.25) is 4.79 Å². The Morgan fingerprint density at radius 3 is 2.52 bits per heavy atom. The first kappa shape index (κ1) is 20.3. The summed E-state index contributed by atoms with van der Waals surface area (Å²) in [5.41, 5.74) is 6.80. The van der Waals surface area contributed by atoms with E-state index < -0.39 is 6.04 Å². The van der Waals surface area contributed by atoms with E-state index in [0.717, 1.165) is 5.56 Å². The summed E-state index contributed by atoms with van der Waals surface area (Å²) in [6, 6.07) is 4.34. The minimum Gasteiger partial charge on any atom is -0.352 e. The molecule has 1 aromatic carbocycles. The third-order valence-corrected chi connectivity index (χ3v) is 3.58. The largest absolute Gasteiger partial charge is 0.352 e. The van der Waals surface area contributed by atoms with Gasteiger partial charge >= 0.3 is 0 Å². The molecular weight excluding hydrogens is 359 g/mol. The third kappa shape index (κ3) is 7.25. The molecule has 0 aliphatic rings. The first-order valence-electron chi connectivity index (χ1n) is 6.79. The van der Waals surface area contributed by atoms with Crippen molar-refractivity contribution in [2.75, 3.05) is 0 Å². The number of hydrogen-bond donors (Lipinski definition) is 2. The second-order valence-electron chi connectivity index (χ2n) is 5.60. The predicted molar refractivity (Wildman–Crippen MR) is 90.1 cm³/mol. The Kier molecular flexibility index (Phi) is 9.09. The van der Waals surface area contributed by atoms with Gasteiger partial charge in [0, 0.05) is 6.04 Å². The molecule has 120 valence electrons. The maximum Gasteiger partial charge on any atom is 0.237 e. The molecule has 0 radical (unpaired) electrons. The van der Waals surface area contributed by atoms with Gasteiger partial charge in [0.25, 0.3) is 0 Å². The summed E-state index contributed by atoms with van der Waals surface area (Å²) < 4.78 is 13.6. The van der Waals surface area contributed by atoms with Gasteiger partial charge in [-0.2, -0.15) is 0 Å². The highest BCUT2D eigenvalue weighted by Crippen LogP contribution is 2.17. The highest BCUT2D eigenvalue weighted by atomic mass is 79.9. The van der Waals surface area contributed by atoms with Crippen LogP contribution < -0.4 is 11.1 Å². The molecule has 0 spiro atoms. The van der Waals surface area contributed by atoms with Crippen molar-refractivity contribution in [3.8, 4) is 0 Å². The fraction of sp³-hybridized carbons (Fsp3) is 0.533.